The number of thiazole rings is 1. The summed E-state index contributed by atoms with van der Waals surface area (Å²) in [7, 11) is 0. The average Bonchev–Trinajstić information content (AvgIpc) is 3.15. The molecular weight excluding hydrogens is 438 g/mol. The highest BCUT2D eigenvalue weighted by atomic mass is 32.2. The molecule has 9 nitrogen and oxygen atoms in total. The highest BCUT2D eigenvalue weighted by molar-refractivity contribution is 7.99. The summed E-state index contributed by atoms with van der Waals surface area (Å²) in [4.78, 5) is 45.9. The molecule has 1 saturated heterocycles. The monoisotopic (exact) mass is 461 g/mol. The van der Waals surface area contributed by atoms with E-state index in [0.29, 0.717) is 34.2 Å². The predicted octanol–water partition coefficient (Wildman–Crippen LogP) is 3.00. The van der Waals surface area contributed by atoms with Gasteiger partial charge in [0.25, 0.3) is 5.91 Å². The molecule has 164 valence electrons. The Labute approximate surface area is 188 Å². The molecule has 0 atom stereocenters. The SMILES string of the molecule is CC(=O)Nc1nc(CCc2ccc(N=CNC(=O)O)cc2)c(C(=O)N2CCSCC2)s1. The van der Waals surface area contributed by atoms with Crippen LogP contribution in [-0.2, 0) is 17.6 Å². The van der Waals surface area contributed by atoms with E-state index >= 15 is 0 Å². The number of hydrogen-bond donors (Lipinski definition) is 3. The van der Waals surface area contributed by atoms with Crippen molar-refractivity contribution in [3.63, 3.8) is 0 Å². The van der Waals surface area contributed by atoms with Crippen LogP contribution in [0.4, 0.5) is 15.6 Å². The Morgan fingerprint density at radius 1 is 1.19 bits per heavy atom. The Bertz CT molecular complexity index is 968. The molecule has 1 fully saturated rings. The topological polar surface area (TPSA) is 124 Å². The van der Waals surface area contributed by atoms with Gasteiger partial charge in [-0.25, -0.2) is 14.8 Å². The van der Waals surface area contributed by atoms with Crippen LogP contribution in [0, 0.1) is 0 Å². The Morgan fingerprint density at radius 3 is 2.55 bits per heavy atom. The van der Waals surface area contributed by atoms with Crippen LogP contribution in [0.25, 0.3) is 0 Å². The van der Waals surface area contributed by atoms with E-state index in [-0.39, 0.29) is 11.8 Å². The van der Waals surface area contributed by atoms with E-state index in [4.69, 9.17) is 5.11 Å². The van der Waals surface area contributed by atoms with Gasteiger partial charge in [-0.1, -0.05) is 23.5 Å². The number of aliphatic imine (C=N–C) groups is 1. The fourth-order valence-electron chi connectivity index (χ4n) is 2.98. The lowest BCUT2D eigenvalue weighted by atomic mass is 10.1. The van der Waals surface area contributed by atoms with E-state index in [0.717, 1.165) is 36.5 Å². The van der Waals surface area contributed by atoms with Gasteiger partial charge in [-0.15, -0.1) is 0 Å². The molecule has 0 bridgehead atoms. The van der Waals surface area contributed by atoms with Gasteiger partial charge in [0.1, 0.15) is 4.88 Å². The van der Waals surface area contributed by atoms with E-state index in [1.165, 1.54) is 18.3 Å². The first-order chi connectivity index (χ1) is 14.9. The summed E-state index contributed by atoms with van der Waals surface area (Å²) in [5, 5.41) is 13.7. The summed E-state index contributed by atoms with van der Waals surface area (Å²) in [6.07, 6.45) is 1.17. The zero-order chi connectivity index (χ0) is 22.2. The number of thioether (sulfide) groups is 1. The molecule has 1 aliphatic heterocycles. The number of nitrogens with zero attached hydrogens (tertiary/aromatic N) is 3. The van der Waals surface area contributed by atoms with Crippen LogP contribution >= 0.6 is 23.1 Å². The number of benzene rings is 1. The third-order valence-electron chi connectivity index (χ3n) is 4.46. The lowest BCUT2D eigenvalue weighted by Crippen LogP contribution is -2.37. The second kappa shape index (κ2) is 10.9. The van der Waals surface area contributed by atoms with Crippen molar-refractivity contribution >= 4 is 58.2 Å². The second-order valence-electron chi connectivity index (χ2n) is 6.75. The summed E-state index contributed by atoms with van der Waals surface area (Å²) in [6.45, 7) is 2.85. The van der Waals surface area contributed by atoms with Crippen molar-refractivity contribution < 1.29 is 19.5 Å². The zero-order valence-electron chi connectivity index (χ0n) is 17.0. The number of anilines is 1. The van der Waals surface area contributed by atoms with Gasteiger partial charge in [0.05, 0.1) is 17.7 Å². The first-order valence-corrected chi connectivity index (χ1v) is 11.6. The van der Waals surface area contributed by atoms with Crippen LogP contribution in [-0.4, -0.2) is 63.8 Å². The van der Waals surface area contributed by atoms with Gasteiger partial charge in [0, 0.05) is 31.5 Å². The smallest absolute Gasteiger partial charge is 0.409 e. The fraction of sp³-hybridized carbons (Fsp3) is 0.350. The quantitative estimate of drug-likeness (QED) is 0.430. The lowest BCUT2D eigenvalue weighted by Gasteiger charge is -2.26. The predicted molar refractivity (Wildman–Crippen MR) is 123 cm³/mol. The van der Waals surface area contributed by atoms with Gasteiger partial charge in [-0.05, 0) is 30.5 Å². The minimum atomic E-state index is -1.17. The average molecular weight is 462 g/mol. The molecule has 11 heteroatoms. The molecule has 0 aliphatic carbocycles. The first kappa shape index (κ1) is 22.8. The number of aryl methyl sites for hydroxylation is 2. The summed E-state index contributed by atoms with van der Waals surface area (Å²) >= 11 is 3.06. The largest absolute Gasteiger partial charge is 0.465 e. The van der Waals surface area contributed by atoms with Gasteiger partial charge in [0.2, 0.25) is 5.91 Å². The molecule has 0 radical (unpaired) electrons. The van der Waals surface area contributed by atoms with Gasteiger partial charge >= 0.3 is 6.09 Å². The van der Waals surface area contributed by atoms with E-state index in [1.54, 1.807) is 12.1 Å². The van der Waals surface area contributed by atoms with Crippen molar-refractivity contribution in [2.75, 3.05) is 29.9 Å². The molecule has 0 unspecified atom stereocenters. The number of rotatable bonds is 7. The van der Waals surface area contributed by atoms with Crippen molar-refractivity contribution in [1.29, 1.82) is 0 Å². The minimum absolute atomic E-state index is 0.0278. The van der Waals surface area contributed by atoms with Crippen molar-refractivity contribution in [3.8, 4) is 0 Å². The van der Waals surface area contributed by atoms with Crippen LogP contribution in [0.15, 0.2) is 29.3 Å². The number of aromatic nitrogens is 1. The molecule has 0 spiro atoms. The molecule has 0 saturated carbocycles. The number of carbonyl (C=O) groups excluding carboxylic acids is 2. The maximum Gasteiger partial charge on any atom is 0.409 e. The van der Waals surface area contributed by atoms with Crippen molar-refractivity contribution in [2.45, 2.75) is 19.8 Å². The number of carboxylic acid groups (broad SMARTS) is 1. The normalized spacial score (nSPS) is 13.9. The van der Waals surface area contributed by atoms with Crippen LogP contribution in [0.5, 0.6) is 0 Å². The van der Waals surface area contributed by atoms with Gasteiger partial charge in [0.15, 0.2) is 5.13 Å². The number of amides is 3. The molecule has 1 aliphatic rings. The lowest BCUT2D eigenvalue weighted by molar-refractivity contribution is -0.114. The standard InChI is InChI=1S/C20H23N5O4S2/c1-13(26)23-19-24-16(17(31-19)18(27)25-8-10-30-11-9-25)7-4-14-2-5-15(6-3-14)21-12-22-20(28)29/h2-3,5-6,12H,4,7-11H2,1H3,(H,21,22)(H,28,29)(H,23,24,26). The highest BCUT2D eigenvalue weighted by Crippen LogP contribution is 2.27. The molecule has 3 rings (SSSR count). The third-order valence-corrected chi connectivity index (χ3v) is 6.40. The fourth-order valence-corrected chi connectivity index (χ4v) is 4.90. The molecule has 1 aromatic heterocycles. The summed E-state index contributed by atoms with van der Waals surface area (Å²) < 4.78 is 0. The maximum absolute atomic E-state index is 13.0. The number of carbonyl (C=O) groups is 3. The van der Waals surface area contributed by atoms with Crippen LogP contribution < -0.4 is 10.6 Å². The van der Waals surface area contributed by atoms with Crippen LogP contribution in [0.2, 0.25) is 0 Å². The van der Waals surface area contributed by atoms with Crippen LogP contribution in [0.1, 0.15) is 27.9 Å². The summed E-state index contributed by atoms with van der Waals surface area (Å²) in [5.41, 5.74) is 2.34. The Balaban J connectivity index is 1.70. The minimum Gasteiger partial charge on any atom is -0.465 e. The first-order valence-electron chi connectivity index (χ1n) is 9.67. The summed E-state index contributed by atoms with van der Waals surface area (Å²) in [5.74, 6) is 1.60. The van der Waals surface area contributed by atoms with E-state index in [9.17, 15) is 14.4 Å². The Hall–Kier alpha value is -2.92. The van der Waals surface area contributed by atoms with Crippen molar-refractivity contribution in [3.05, 3.63) is 40.4 Å². The van der Waals surface area contributed by atoms with Gasteiger partial charge in [-0.2, -0.15) is 11.8 Å². The Kier molecular flexibility index (Phi) is 8.01. The highest BCUT2D eigenvalue weighted by Gasteiger charge is 2.24. The van der Waals surface area contributed by atoms with Crippen LogP contribution in [0.3, 0.4) is 0 Å². The molecule has 1 aromatic carbocycles. The van der Waals surface area contributed by atoms with E-state index < -0.39 is 6.09 Å². The maximum atomic E-state index is 13.0. The molecule has 31 heavy (non-hydrogen) atoms. The zero-order valence-corrected chi connectivity index (χ0v) is 18.6. The molecular formula is C20H23N5O4S2. The summed E-state index contributed by atoms with van der Waals surface area (Å²) in [6, 6.07) is 7.38. The molecule has 2 heterocycles. The van der Waals surface area contributed by atoms with Crippen molar-refractivity contribution in [2.24, 2.45) is 4.99 Å². The molecule has 2 aromatic rings. The van der Waals surface area contributed by atoms with Crippen molar-refractivity contribution in [1.82, 2.24) is 15.2 Å². The number of hydrogen-bond acceptors (Lipinski definition) is 7. The second-order valence-corrected chi connectivity index (χ2v) is 8.98. The van der Waals surface area contributed by atoms with Gasteiger partial charge < -0.3 is 15.3 Å². The number of nitrogens with one attached hydrogen (secondary N) is 2. The third kappa shape index (κ3) is 6.79. The Morgan fingerprint density at radius 2 is 1.90 bits per heavy atom. The molecule has 3 N–H and O–H groups in total. The molecule has 3 amide bonds. The van der Waals surface area contributed by atoms with Gasteiger partial charge in [-0.3, -0.25) is 14.9 Å². The van der Waals surface area contributed by atoms with E-state index in [2.05, 4.69) is 20.6 Å². The van der Waals surface area contributed by atoms with E-state index in [1.807, 2.05) is 28.8 Å².